The molecule has 9 nitrogen and oxygen atoms in total. The molecule has 9 heteroatoms. The van der Waals surface area contributed by atoms with Crippen LogP contribution in [0.5, 0.6) is 5.75 Å². The number of rotatable bonds is 6. The molecule has 2 aromatic rings. The molecular formula is C22H31N5O4. The number of nitrogens with one attached hydrogen (secondary N) is 1. The highest BCUT2D eigenvalue weighted by atomic mass is 16.5. The molecule has 168 valence electrons. The molecule has 0 saturated carbocycles. The molecule has 31 heavy (non-hydrogen) atoms. The van der Waals surface area contributed by atoms with Gasteiger partial charge in [0.15, 0.2) is 5.82 Å². The van der Waals surface area contributed by atoms with Gasteiger partial charge >= 0.3 is 0 Å². The van der Waals surface area contributed by atoms with Gasteiger partial charge in [-0.15, -0.1) is 0 Å². The van der Waals surface area contributed by atoms with Crippen LogP contribution in [0.2, 0.25) is 0 Å². The lowest BCUT2D eigenvalue weighted by Crippen LogP contribution is -2.47. The van der Waals surface area contributed by atoms with Gasteiger partial charge in [0.05, 0.1) is 12.8 Å². The van der Waals surface area contributed by atoms with Gasteiger partial charge in [-0.2, -0.15) is 4.98 Å². The minimum absolute atomic E-state index is 0.0492. The molecule has 3 rings (SSSR count). The van der Waals surface area contributed by atoms with Crippen molar-refractivity contribution in [3.8, 4) is 5.75 Å². The zero-order chi connectivity index (χ0) is 22.6. The summed E-state index contributed by atoms with van der Waals surface area (Å²) < 4.78 is 10.6. The topological polar surface area (TPSA) is 101 Å². The van der Waals surface area contributed by atoms with E-state index in [1.165, 1.54) is 7.11 Å². The van der Waals surface area contributed by atoms with E-state index >= 15 is 0 Å². The zero-order valence-corrected chi connectivity index (χ0v) is 18.9. The van der Waals surface area contributed by atoms with Crippen molar-refractivity contribution in [3.05, 3.63) is 35.5 Å². The van der Waals surface area contributed by atoms with E-state index in [0.717, 1.165) is 13.1 Å². The number of amides is 2. The Morgan fingerprint density at radius 2 is 1.90 bits per heavy atom. The zero-order valence-electron chi connectivity index (χ0n) is 18.9. The van der Waals surface area contributed by atoms with Crippen molar-refractivity contribution in [3.63, 3.8) is 0 Å². The first-order valence-electron chi connectivity index (χ1n) is 10.5. The minimum Gasteiger partial charge on any atom is -0.495 e. The molecule has 0 bridgehead atoms. The van der Waals surface area contributed by atoms with Crippen LogP contribution < -0.4 is 10.1 Å². The summed E-state index contributed by atoms with van der Waals surface area (Å²) in [6.45, 7) is 9.05. The molecule has 0 radical (unpaired) electrons. The number of aryl methyl sites for hydroxylation is 1. The van der Waals surface area contributed by atoms with Crippen LogP contribution >= 0.6 is 0 Å². The van der Waals surface area contributed by atoms with Crippen molar-refractivity contribution < 1.29 is 18.8 Å². The summed E-state index contributed by atoms with van der Waals surface area (Å²) in [6, 6.07) is 5.09. The summed E-state index contributed by atoms with van der Waals surface area (Å²) in [5, 5.41) is 6.82. The molecule has 0 aliphatic carbocycles. The van der Waals surface area contributed by atoms with Crippen LogP contribution in [0.25, 0.3) is 0 Å². The summed E-state index contributed by atoms with van der Waals surface area (Å²) >= 11 is 0. The molecule has 1 aliphatic heterocycles. The van der Waals surface area contributed by atoms with E-state index in [4.69, 9.17) is 9.26 Å². The van der Waals surface area contributed by atoms with Crippen LogP contribution in [0.4, 0.5) is 5.69 Å². The first-order chi connectivity index (χ1) is 14.7. The Balaban J connectivity index is 1.64. The summed E-state index contributed by atoms with van der Waals surface area (Å²) in [5.41, 5.74) is 0.773. The van der Waals surface area contributed by atoms with Crippen LogP contribution in [-0.4, -0.2) is 72.1 Å². The van der Waals surface area contributed by atoms with Gasteiger partial charge in [-0.25, -0.2) is 0 Å². The van der Waals surface area contributed by atoms with Crippen molar-refractivity contribution in [2.75, 3.05) is 45.7 Å². The van der Waals surface area contributed by atoms with Crippen LogP contribution in [0.15, 0.2) is 22.7 Å². The molecule has 0 spiro atoms. The van der Waals surface area contributed by atoms with Crippen LogP contribution in [0, 0.1) is 0 Å². The summed E-state index contributed by atoms with van der Waals surface area (Å²) in [7, 11) is 3.57. The van der Waals surface area contributed by atoms with E-state index in [1.54, 1.807) is 18.2 Å². The number of piperazine rings is 1. The Hall–Kier alpha value is -2.94. The average Bonchev–Trinajstić information content (AvgIpc) is 3.22. The second-order valence-corrected chi connectivity index (χ2v) is 8.82. The van der Waals surface area contributed by atoms with Crippen molar-refractivity contribution in [2.24, 2.45) is 0 Å². The van der Waals surface area contributed by atoms with Gasteiger partial charge in [0.25, 0.3) is 5.91 Å². The number of carbonyl (C=O) groups excluding carboxylic acids is 2. The Kier molecular flexibility index (Phi) is 6.94. The molecule has 1 aromatic heterocycles. The Bertz CT molecular complexity index is 926. The van der Waals surface area contributed by atoms with Gasteiger partial charge in [-0.1, -0.05) is 25.9 Å². The fourth-order valence-electron chi connectivity index (χ4n) is 3.23. The summed E-state index contributed by atoms with van der Waals surface area (Å²) in [6.07, 6.45) is 0.503. The maximum atomic E-state index is 12.9. The van der Waals surface area contributed by atoms with E-state index in [1.807, 2.05) is 32.7 Å². The number of nitrogens with zero attached hydrogens (tertiary/aromatic N) is 4. The number of anilines is 1. The fourth-order valence-corrected chi connectivity index (χ4v) is 3.23. The number of likely N-dealkylation sites (N-methyl/N-ethyl adjacent to an activating group) is 1. The lowest BCUT2D eigenvalue weighted by molar-refractivity contribution is -0.116. The standard InChI is InChI=1S/C22H31N5O4/c1-22(2,3)21-24-19(31-25-21)9-8-18(28)23-16-14-15(6-7-17(16)30-5)20(29)27-12-10-26(4)11-13-27/h6-7,14H,8-13H2,1-5H3,(H,23,28). The molecule has 2 heterocycles. The van der Waals surface area contributed by atoms with E-state index in [2.05, 4.69) is 20.4 Å². The highest BCUT2D eigenvalue weighted by Crippen LogP contribution is 2.27. The Morgan fingerprint density at radius 1 is 1.19 bits per heavy atom. The van der Waals surface area contributed by atoms with Crippen molar-refractivity contribution >= 4 is 17.5 Å². The monoisotopic (exact) mass is 429 g/mol. The van der Waals surface area contributed by atoms with E-state index in [-0.39, 0.29) is 23.7 Å². The van der Waals surface area contributed by atoms with Crippen LogP contribution in [0.3, 0.4) is 0 Å². The van der Waals surface area contributed by atoms with Gasteiger partial charge in [-0.3, -0.25) is 9.59 Å². The first kappa shape index (κ1) is 22.7. The lowest BCUT2D eigenvalue weighted by atomic mass is 9.96. The number of ether oxygens (including phenoxy) is 1. The van der Waals surface area contributed by atoms with E-state index in [0.29, 0.717) is 48.2 Å². The lowest BCUT2D eigenvalue weighted by Gasteiger charge is -2.32. The second kappa shape index (κ2) is 9.47. The molecule has 1 fully saturated rings. The average molecular weight is 430 g/mol. The molecule has 1 aliphatic rings. The number of aromatic nitrogens is 2. The molecule has 1 N–H and O–H groups in total. The van der Waals surface area contributed by atoms with E-state index < -0.39 is 0 Å². The third-order valence-corrected chi connectivity index (χ3v) is 5.22. The highest BCUT2D eigenvalue weighted by molar-refractivity contribution is 5.98. The molecule has 0 atom stereocenters. The minimum atomic E-state index is -0.224. The number of hydrogen-bond acceptors (Lipinski definition) is 7. The number of hydrogen-bond donors (Lipinski definition) is 1. The van der Waals surface area contributed by atoms with Crippen LogP contribution in [-0.2, 0) is 16.6 Å². The predicted octanol–water partition coefficient (Wildman–Crippen LogP) is 2.33. The van der Waals surface area contributed by atoms with Gasteiger partial charge < -0.3 is 24.4 Å². The maximum absolute atomic E-state index is 12.9. The second-order valence-electron chi connectivity index (χ2n) is 8.82. The van der Waals surface area contributed by atoms with Gasteiger partial charge in [-0.05, 0) is 25.2 Å². The van der Waals surface area contributed by atoms with Gasteiger partial charge in [0.2, 0.25) is 11.8 Å². The molecular weight excluding hydrogens is 398 g/mol. The molecule has 1 aromatic carbocycles. The number of benzene rings is 1. The Morgan fingerprint density at radius 3 is 2.52 bits per heavy atom. The maximum Gasteiger partial charge on any atom is 0.254 e. The first-order valence-corrected chi connectivity index (χ1v) is 10.5. The largest absolute Gasteiger partial charge is 0.495 e. The number of carbonyl (C=O) groups is 2. The molecule has 0 unspecified atom stereocenters. The third kappa shape index (κ3) is 5.81. The van der Waals surface area contributed by atoms with Gasteiger partial charge in [0.1, 0.15) is 5.75 Å². The van der Waals surface area contributed by atoms with Crippen molar-refractivity contribution in [1.29, 1.82) is 0 Å². The smallest absolute Gasteiger partial charge is 0.254 e. The SMILES string of the molecule is COc1ccc(C(=O)N2CCN(C)CC2)cc1NC(=O)CCc1nc(C(C)(C)C)no1. The summed E-state index contributed by atoms with van der Waals surface area (Å²) in [5.74, 6) is 1.26. The molecule has 2 amide bonds. The summed E-state index contributed by atoms with van der Waals surface area (Å²) in [4.78, 5) is 33.8. The van der Waals surface area contributed by atoms with Crippen molar-refractivity contribution in [2.45, 2.75) is 39.0 Å². The fraction of sp³-hybridized carbons (Fsp3) is 0.545. The van der Waals surface area contributed by atoms with Gasteiger partial charge in [0, 0.05) is 50.0 Å². The molecule has 1 saturated heterocycles. The predicted molar refractivity (Wildman–Crippen MR) is 116 cm³/mol. The normalized spacial score (nSPS) is 15.1. The Labute approximate surface area is 182 Å². The van der Waals surface area contributed by atoms with E-state index in [9.17, 15) is 9.59 Å². The quantitative estimate of drug-likeness (QED) is 0.752. The highest BCUT2D eigenvalue weighted by Gasteiger charge is 2.23. The third-order valence-electron chi connectivity index (χ3n) is 5.22. The van der Waals surface area contributed by atoms with Crippen LogP contribution in [0.1, 0.15) is 49.3 Å². The van der Waals surface area contributed by atoms with Crippen molar-refractivity contribution in [1.82, 2.24) is 19.9 Å². The number of methoxy groups -OCH3 is 1.